The van der Waals surface area contributed by atoms with E-state index in [0.717, 1.165) is 17.0 Å². The molecule has 0 spiro atoms. The molecule has 0 saturated heterocycles. The Morgan fingerprint density at radius 3 is 2.58 bits per heavy atom. The van der Waals surface area contributed by atoms with E-state index in [4.69, 9.17) is 4.52 Å². The largest absolute Gasteiger partial charge is 0.366 e. The van der Waals surface area contributed by atoms with Crippen LogP contribution in [0.5, 0.6) is 0 Å². The monoisotopic (exact) mass is 262 g/mol. The van der Waals surface area contributed by atoms with Crippen molar-refractivity contribution in [2.45, 2.75) is 27.3 Å². The van der Waals surface area contributed by atoms with Gasteiger partial charge in [-0.3, -0.25) is 10.1 Å². The van der Waals surface area contributed by atoms with Gasteiger partial charge in [0.2, 0.25) is 0 Å². The van der Waals surface area contributed by atoms with Gasteiger partial charge in [-0.1, -0.05) is 5.16 Å². The Kier molecular flexibility index (Phi) is 3.46. The van der Waals surface area contributed by atoms with Gasteiger partial charge in [0.05, 0.1) is 10.6 Å². The van der Waals surface area contributed by atoms with Gasteiger partial charge in [0.1, 0.15) is 17.3 Å². The third-order valence-electron chi connectivity index (χ3n) is 2.88. The lowest BCUT2D eigenvalue weighted by molar-refractivity contribution is -0.385. The number of aromatic nitrogens is 2. The highest BCUT2D eigenvalue weighted by molar-refractivity contribution is 5.45. The minimum absolute atomic E-state index is 0.0166. The molecule has 2 heterocycles. The zero-order valence-corrected chi connectivity index (χ0v) is 10.9. The van der Waals surface area contributed by atoms with Crippen molar-refractivity contribution in [3.05, 3.63) is 45.0 Å². The van der Waals surface area contributed by atoms with Gasteiger partial charge in [0.25, 0.3) is 5.69 Å². The number of rotatable bonds is 4. The van der Waals surface area contributed by atoms with Gasteiger partial charge in [-0.15, -0.1) is 0 Å². The summed E-state index contributed by atoms with van der Waals surface area (Å²) in [5, 5.41) is 17.7. The smallest absolute Gasteiger partial charge is 0.290 e. The first-order chi connectivity index (χ1) is 8.99. The summed E-state index contributed by atoms with van der Waals surface area (Å²) < 4.78 is 5.06. The van der Waals surface area contributed by atoms with Gasteiger partial charge in [0, 0.05) is 18.2 Å². The molecule has 2 rings (SSSR count). The Hall–Kier alpha value is -2.44. The molecule has 19 heavy (non-hydrogen) atoms. The number of pyridine rings is 1. The number of hydrogen-bond acceptors (Lipinski definition) is 6. The number of hydrogen-bond donors (Lipinski definition) is 1. The minimum Gasteiger partial charge on any atom is -0.366 e. The van der Waals surface area contributed by atoms with Gasteiger partial charge < -0.3 is 9.84 Å². The molecule has 0 aliphatic rings. The molecular formula is C12H14N4O3. The highest BCUT2D eigenvalue weighted by atomic mass is 16.6. The van der Waals surface area contributed by atoms with Crippen molar-refractivity contribution in [1.82, 2.24) is 10.1 Å². The normalized spacial score (nSPS) is 10.5. The summed E-state index contributed by atoms with van der Waals surface area (Å²) in [6, 6.07) is 3.03. The first kappa shape index (κ1) is 13.0. The van der Waals surface area contributed by atoms with E-state index in [-0.39, 0.29) is 5.69 Å². The molecule has 2 aromatic rings. The molecule has 0 radical (unpaired) electrons. The lowest BCUT2D eigenvalue weighted by Crippen LogP contribution is -2.04. The van der Waals surface area contributed by atoms with E-state index in [1.807, 2.05) is 13.8 Å². The van der Waals surface area contributed by atoms with Crippen molar-refractivity contribution in [2.75, 3.05) is 5.32 Å². The summed E-state index contributed by atoms with van der Waals surface area (Å²) in [6.45, 7) is 5.83. The van der Waals surface area contributed by atoms with Crippen LogP contribution in [0, 0.1) is 30.9 Å². The molecular weight excluding hydrogens is 248 g/mol. The van der Waals surface area contributed by atoms with E-state index in [1.165, 1.54) is 6.07 Å². The summed E-state index contributed by atoms with van der Waals surface area (Å²) in [5.41, 5.74) is 2.19. The Balaban J connectivity index is 2.13. The summed E-state index contributed by atoms with van der Waals surface area (Å²) in [5.74, 6) is 1.34. The Bertz CT molecular complexity index is 602. The van der Waals surface area contributed by atoms with Crippen LogP contribution in [0.4, 0.5) is 11.5 Å². The van der Waals surface area contributed by atoms with E-state index in [0.29, 0.717) is 18.1 Å². The van der Waals surface area contributed by atoms with Gasteiger partial charge >= 0.3 is 0 Å². The topological polar surface area (TPSA) is 94.1 Å². The van der Waals surface area contributed by atoms with Gasteiger partial charge in [-0.25, -0.2) is 4.98 Å². The maximum absolute atomic E-state index is 10.7. The molecule has 0 bridgehead atoms. The first-order valence-electron chi connectivity index (χ1n) is 5.76. The lowest BCUT2D eigenvalue weighted by atomic mass is 10.2. The number of aryl methyl sites for hydroxylation is 3. The number of nitrogens with zero attached hydrogens (tertiary/aromatic N) is 3. The molecule has 2 aromatic heterocycles. The lowest BCUT2D eigenvalue weighted by Gasteiger charge is -2.06. The fourth-order valence-electron chi connectivity index (χ4n) is 1.78. The molecule has 0 aliphatic carbocycles. The number of nitrogens with one attached hydrogen (secondary N) is 1. The van der Waals surface area contributed by atoms with Gasteiger partial charge in [0.15, 0.2) is 0 Å². The zero-order chi connectivity index (χ0) is 14.0. The Morgan fingerprint density at radius 1 is 1.32 bits per heavy atom. The highest BCUT2D eigenvalue weighted by Crippen LogP contribution is 2.19. The average molecular weight is 262 g/mol. The van der Waals surface area contributed by atoms with Crippen LogP contribution in [0.1, 0.15) is 22.7 Å². The number of nitro groups is 1. The van der Waals surface area contributed by atoms with Crippen LogP contribution < -0.4 is 5.32 Å². The highest BCUT2D eigenvalue weighted by Gasteiger charge is 2.13. The predicted molar refractivity (Wildman–Crippen MR) is 68.9 cm³/mol. The number of anilines is 1. The van der Waals surface area contributed by atoms with Crippen molar-refractivity contribution < 1.29 is 9.45 Å². The maximum atomic E-state index is 10.7. The maximum Gasteiger partial charge on any atom is 0.290 e. The van der Waals surface area contributed by atoms with Crippen LogP contribution in [0.25, 0.3) is 0 Å². The molecule has 0 unspecified atom stereocenters. The van der Waals surface area contributed by atoms with Crippen molar-refractivity contribution in [2.24, 2.45) is 0 Å². The standard InChI is InChI=1S/C12H14N4O3/c1-7-10(9(3)19-15-7)6-13-12-5-4-11(16(17)18)8(2)14-12/h4-5H,6H2,1-3H3,(H,13,14). The fraction of sp³-hybridized carbons (Fsp3) is 0.333. The van der Waals surface area contributed by atoms with E-state index in [2.05, 4.69) is 15.5 Å². The SMILES string of the molecule is Cc1nc(NCc2c(C)noc2C)ccc1[N+](=O)[O-]. The molecule has 0 aliphatic heterocycles. The summed E-state index contributed by atoms with van der Waals surface area (Å²) in [4.78, 5) is 14.4. The summed E-state index contributed by atoms with van der Waals surface area (Å²) in [6.07, 6.45) is 0. The van der Waals surface area contributed by atoms with E-state index in [1.54, 1.807) is 13.0 Å². The summed E-state index contributed by atoms with van der Waals surface area (Å²) >= 11 is 0. The van der Waals surface area contributed by atoms with E-state index >= 15 is 0 Å². The van der Waals surface area contributed by atoms with Crippen LogP contribution in [0.3, 0.4) is 0 Å². The molecule has 100 valence electrons. The fourth-order valence-corrected chi connectivity index (χ4v) is 1.78. The second kappa shape index (κ2) is 5.05. The van der Waals surface area contributed by atoms with E-state index < -0.39 is 4.92 Å². The molecule has 0 aromatic carbocycles. The van der Waals surface area contributed by atoms with Crippen molar-refractivity contribution in [1.29, 1.82) is 0 Å². The van der Waals surface area contributed by atoms with Crippen LogP contribution in [-0.2, 0) is 6.54 Å². The minimum atomic E-state index is -0.444. The molecule has 0 atom stereocenters. The van der Waals surface area contributed by atoms with Crippen molar-refractivity contribution >= 4 is 11.5 Å². The van der Waals surface area contributed by atoms with Crippen LogP contribution in [0.15, 0.2) is 16.7 Å². The van der Waals surface area contributed by atoms with E-state index in [9.17, 15) is 10.1 Å². The van der Waals surface area contributed by atoms with Crippen molar-refractivity contribution in [3.8, 4) is 0 Å². The zero-order valence-electron chi connectivity index (χ0n) is 10.9. The predicted octanol–water partition coefficient (Wildman–Crippen LogP) is 2.52. The van der Waals surface area contributed by atoms with Gasteiger partial charge in [-0.05, 0) is 26.8 Å². The molecule has 7 heteroatoms. The van der Waals surface area contributed by atoms with Crippen molar-refractivity contribution in [3.63, 3.8) is 0 Å². The Morgan fingerprint density at radius 2 is 2.05 bits per heavy atom. The van der Waals surface area contributed by atoms with Crippen LogP contribution in [-0.4, -0.2) is 15.1 Å². The second-order valence-corrected chi connectivity index (χ2v) is 4.21. The second-order valence-electron chi connectivity index (χ2n) is 4.21. The Labute approximate surface area is 109 Å². The molecule has 0 amide bonds. The molecule has 0 saturated carbocycles. The van der Waals surface area contributed by atoms with Gasteiger partial charge in [-0.2, -0.15) is 0 Å². The third-order valence-corrected chi connectivity index (χ3v) is 2.88. The van der Waals surface area contributed by atoms with Crippen LogP contribution in [0.2, 0.25) is 0 Å². The first-order valence-corrected chi connectivity index (χ1v) is 5.76. The average Bonchev–Trinajstić information content (AvgIpc) is 2.66. The molecule has 7 nitrogen and oxygen atoms in total. The quantitative estimate of drug-likeness (QED) is 0.672. The third kappa shape index (κ3) is 2.70. The van der Waals surface area contributed by atoms with Crippen LogP contribution >= 0.6 is 0 Å². The molecule has 1 N–H and O–H groups in total. The summed E-state index contributed by atoms with van der Waals surface area (Å²) in [7, 11) is 0. The molecule has 0 fully saturated rings.